The minimum Gasteiger partial charge on any atom is -0.497 e. The van der Waals surface area contributed by atoms with Crippen molar-refractivity contribution in [3.8, 4) is 5.75 Å². The molecule has 0 amide bonds. The number of hydrogen-bond donors (Lipinski definition) is 1. The highest BCUT2D eigenvalue weighted by molar-refractivity contribution is 5.42. The first-order valence-electron chi connectivity index (χ1n) is 6.17. The Balaban J connectivity index is 2.01. The Bertz CT molecular complexity index is 562. The minimum absolute atomic E-state index is 0.195. The van der Waals surface area contributed by atoms with Gasteiger partial charge in [0.15, 0.2) is 0 Å². The van der Waals surface area contributed by atoms with Gasteiger partial charge in [0, 0.05) is 19.8 Å². The Kier molecular flexibility index (Phi) is 2.80. The molecule has 0 radical (unpaired) electrons. The molecule has 1 aliphatic heterocycles. The molecule has 0 aliphatic carbocycles. The third-order valence-corrected chi connectivity index (χ3v) is 3.43. The zero-order valence-electron chi connectivity index (χ0n) is 10.7. The normalized spacial score (nSPS) is 18.4. The molecule has 1 aromatic carbocycles. The summed E-state index contributed by atoms with van der Waals surface area (Å²) in [6.07, 6.45) is 3.02. The van der Waals surface area contributed by atoms with Crippen LogP contribution in [0.5, 0.6) is 5.75 Å². The van der Waals surface area contributed by atoms with Crippen molar-refractivity contribution >= 4 is 0 Å². The van der Waals surface area contributed by atoms with Crippen LogP contribution < -0.4 is 10.1 Å². The number of fused-ring (bicyclic) bond motifs is 1. The zero-order chi connectivity index (χ0) is 12.5. The number of rotatable bonds is 2. The Labute approximate surface area is 107 Å². The molecule has 94 valence electrons. The van der Waals surface area contributed by atoms with E-state index in [-0.39, 0.29) is 6.04 Å². The summed E-state index contributed by atoms with van der Waals surface area (Å²) in [6.45, 7) is 0.974. The van der Waals surface area contributed by atoms with Crippen molar-refractivity contribution in [1.29, 1.82) is 0 Å². The van der Waals surface area contributed by atoms with Crippen molar-refractivity contribution in [2.45, 2.75) is 12.5 Å². The van der Waals surface area contributed by atoms with Crippen LogP contribution in [0, 0.1) is 0 Å². The van der Waals surface area contributed by atoms with Gasteiger partial charge in [-0.1, -0.05) is 6.07 Å². The Morgan fingerprint density at radius 2 is 2.28 bits per heavy atom. The van der Waals surface area contributed by atoms with Crippen molar-refractivity contribution in [3.63, 3.8) is 0 Å². The van der Waals surface area contributed by atoms with Gasteiger partial charge >= 0.3 is 0 Å². The average Bonchev–Trinajstić information content (AvgIpc) is 2.84. The molecule has 1 aromatic heterocycles. The Morgan fingerprint density at radius 1 is 1.39 bits per heavy atom. The van der Waals surface area contributed by atoms with E-state index in [1.54, 1.807) is 7.11 Å². The monoisotopic (exact) mass is 243 g/mol. The second-order valence-corrected chi connectivity index (χ2v) is 4.62. The standard InChI is InChI=1S/C14H17N3O/c1-17-8-6-13(16-17)14-12-4-3-11(18-2)9-10(12)5-7-15-14/h3-4,6,8-9,14-15H,5,7H2,1-2H3/t14-/m1/s1. The number of methoxy groups -OCH3 is 1. The SMILES string of the molecule is COc1ccc2c(c1)CCN[C@H]2c1ccn(C)n1. The molecular weight excluding hydrogens is 226 g/mol. The average molecular weight is 243 g/mol. The van der Waals surface area contributed by atoms with E-state index >= 15 is 0 Å². The minimum atomic E-state index is 0.195. The van der Waals surface area contributed by atoms with E-state index in [1.165, 1.54) is 11.1 Å². The van der Waals surface area contributed by atoms with Crippen molar-refractivity contribution in [2.75, 3.05) is 13.7 Å². The lowest BCUT2D eigenvalue weighted by Crippen LogP contribution is -2.30. The van der Waals surface area contributed by atoms with Crippen molar-refractivity contribution in [2.24, 2.45) is 7.05 Å². The van der Waals surface area contributed by atoms with Crippen LogP contribution in [-0.4, -0.2) is 23.4 Å². The summed E-state index contributed by atoms with van der Waals surface area (Å²) in [5.41, 5.74) is 3.73. The second-order valence-electron chi connectivity index (χ2n) is 4.62. The first-order valence-corrected chi connectivity index (χ1v) is 6.17. The number of aromatic nitrogens is 2. The zero-order valence-corrected chi connectivity index (χ0v) is 10.7. The van der Waals surface area contributed by atoms with Crippen LogP contribution in [-0.2, 0) is 13.5 Å². The number of nitrogens with one attached hydrogen (secondary N) is 1. The molecule has 0 spiro atoms. The van der Waals surface area contributed by atoms with E-state index < -0.39 is 0 Å². The topological polar surface area (TPSA) is 39.1 Å². The van der Waals surface area contributed by atoms with Crippen molar-refractivity contribution < 1.29 is 4.74 Å². The second kappa shape index (κ2) is 4.46. The van der Waals surface area contributed by atoms with Gasteiger partial charge in [-0.2, -0.15) is 5.10 Å². The van der Waals surface area contributed by atoms with Gasteiger partial charge in [0.05, 0.1) is 18.8 Å². The van der Waals surface area contributed by atoms with Crippen LogP contribution >= 0.6 is 0 Å². The molecule has 0 bridgehead atoms. The molecule has 4 nitrogen and oxygen atoms in total. The maximum atomic E-state index is 5.29. The molecule has 1 atom stereocenters. The third-order valence-electron chi connectivity index (χ3n) is 3.43. The van der Waals surface area contributed by atoms with E-state index in [2.05, 4.69) is 28.6 Å². The number of benzene rings is 1. The summed E-state index contributed by atoms with van der Waals surface area (Å²) in [5.74, 6) is 0.926. The van der Waals surface area contributed by atoms with Crippen LogP contribution in [0.4, 0.5) is 0 Å². The summed E-state index contributed by atoms with van der Waals surface area (Å²) in [4.78, 5) is 0. The molecule has 0 saturated carbocycles. The number of aryl methyl sites for hydroxylation is 1. The lowest BCUT2D eigenvalue weighted by molar-refractivity contribution is 0.413. The molecular formula is C14H17N3O. The molecule has 4 heteroatoms. The van der Waals surface area contributed by atoms with Crippen LogP contribution in [0.1, 0.15) is 22.9 Å². The number of nitrogens with zero attached hydrogens (tertiary/aromatic N) is 2. The summed E-state index contributed by atoms with van der Waals surface area (Å²) < 4.78 is 7.13. The van der Waals surface area contributed by atoms with Crippen LogP contribution in [0.25, 0.3) is 0 Å². The first-order chi connectivity index (χ1) is 8.78. The smallest absolute Gasteiger partial charge is 0.119 e. The highest BCUT2D eigenvalue weighted by Crippen LogP contribution is 2.30. The van der Waals surface area contributed by atoms with Gasteiger partial charge in [0.25, 0.3) is 0 Å². The molecule has 0 saturated heterocycles. The van der Waals surface area contributed by atoms with E-state index in [0.29, 0.717) is 0 Å². The molecule has 2 aromatic rings. The van der Waals surface area contributed by atoms with Gasteiger partial charge in [-0.15, -0.1) is 0 Å². The third kappa shape index (κ3) is 1.88. The maximum absolute atomic E-state index is 5.29. The first kappa shape index (κ1) is 11.3. The van der Waals surface area contributed by atoms with E-state index in [1.807, 2.05) is 24.0 Å². The lowest BCUT2D eigenvalue weighted by atomic mass is 9.92. The molecule has 1 N–H and O–H groups in total. The van der Waals surface area contributed by atoms with E-state index in [0.717, 1.165) is 24.4 Å². The summed E-state index contributed by atoms with van der Waals surface area (Å²) in [5, 5.41) is 8.02. The Hall–Kier alpha value is -1.81. The van der Waals surface area contributed by atoms with Crippen molar-refractivity contribution in [3.05, 3.63) is 47.3 Å². The highest BCUT2D eigenvalue weighted by Gasteiger charge is 2.23. The van der Waals surface area contributed by atoms with Gasteiger partial charge in [0.1, 0.15) is 5.75 Å². The van der Waals surface area contributed by atoms with Gasteiger partial charge in [-0.3, -0.25) is 4.68 Å². The molecule has 1 aliphatic rings. The molecule has 18 heavy (non-hydrogen) atoms. The quantitative estimate of drug-likeness (QED) is 0.872. The van der Waals surface area contributed by atoms with Crippen LogP contribution in [0.3, 0.4) is 0 Å². The van der Waals surface area contributed by atoms with E-state index in [9.17, 15) is 0 Å². The molecule has 2 heterocycles. The highest BCUT2D eigenvalue weighted by atomic mass is 16.5. The van der Waals surface area contributed by atoms with Gasteiger partial charge < -0.3 is 10.1 Å². The van der Waals surface area contributed by atoms with Crippen LogP contribution in [0.2, 0.25) is 0 Å². The van der Waals surface area contributed by atoms with Gasteiger partial charge in [0.2, 0.25) is 0 Å². The van der Waals surface area contributed by atoms with Gasteiger partial charge in [-0.25, -0.2) is 0 Å². The fourth-order valence-corrected chi connectivity index (χ4v) is 2.52. The summed E-state index contributed by atoms with van der Waals surface area (Å²) >= 11 is 0. The van der Waals surface area contributed by atoms with Crippen LogP contribution in [0.15, 0.2) is 30.5 Å². The summed E-state index contributed by atoms with van der Waals surface area (Å²) in [7, 11) is 3.65. The number of ether oxygens (including phenoxy) is 1. The molecule has 3 rings (SSSR count). The largest absolute Gasteiger partial charge is 0.497 e. The van der Waals surface area contributed by atoms with E-state index in [4.69, 9.17) is 4.74 Å². The fourth-order valence-electron chi connectivity index (χ4n) is 2.52. The maximum Gasteiger partial charge on any atom is 0.119 e. The van der Waals surface area contributed by atoms with Crippen molar-refractivity contribution in [1.82, 2.24) is 15.1 Å². The predicted molar refractivity (Wildman–Crippen MR) is 69.8 cm³/mol. The molecule has 0 fully saturated rings. The Morgan fingerprint density at radius 3 is 3.00 bits per heavy atom. The lowest BCUT2D eigenvalue weighted by Gasteiger charge is -2.26. The predicted octanol–water partition coefficient (Wildman–Crippen LogP) is 1.66. The summed E-state index contributed by atoms with van der Waals surface area (Å²) in [6, 6.07) is 8.55. The fraction of sp³-hybridized carbons (Fsp3) is 0.357. The van der Waals surface area contributed by atoms with Gasteiger partial charge in [-0.05, 0) is 35.7 Å². The molecule has 0 unspecified atom stereocenters. The number of hydrogen-bond acceptors (Lipinski definition) is 3.